The Balaban J connectivity index is 0. The molecule has 0 rings (SSSR count). The van der Waals surface area contributed by atoms with Crippen LogP contribution in [-0.4, -0.2) is 29.5 Å². The number of aliphatic hydroxyl groups is 2. The Bertz CT molecular complexity index is 29.4. The third-order valence-corrected chi connectivity index (χ3v) is 0.403. The van der Waals surface area contributed by atoms with E-state index in [0.29, 0.717) is 0 Å². The molecule has 0 bridgehead atoms. The van der Waals surface area contributed by atoms with Gasteiger partial charge in [0, 0.05) is 0 Å². The van der Waals surface area contributed by atoms with Gasteiger partial charge in [-0.15, -0.1) is 6.61 Å². The smallest absolute Gasteiger partial charge is 0.853 e. The van der Waals surface area contributed by atoms with E-state index in [4.69, 9.17) is 10.2 Å². The zero-order valence-corrected chi connectivity index (χ0v) is 6.29. The number of hydrogen-bond donors (Lipinski definition) is 2. The van der Waals surface area contributed by atoms with Gasteiger partial charge in [-0.1, -0.05) is 0 Å². The molecule has 0 aromatic rings. The first-order valence-corrected chi connectivity index (χ1v) is 1.68. The predicted octanol–water partition coefficient (Wildman–Crippen LogP) is -5.30. The van der Waals surface area contributed by atoms with Crippen molar-refractivity contribution in [2.45, 2.75) is 6.10 Å². The molecule has 7 heavy (non-hydrogen) atoms. The van der Waals surface area contributed by atoms with Gasteiger partial charge in [0.25, 0.3) is 0 Å². The monoisotopic (exact) mass is 114 g/mol. The van der Waals surface area contributed by atoms with E-state index in [0.717, 1.165) is 0 Å². The van der Waals surface area contributed by atoms with E-state index in [2.05, 4.69) is 0 Å². The standard InChI is InChI=1S/C3H7O3.Na/c4-1-3(6)2-5;/h3-4,6H,1-2H2;/q-1;+1. The molecule has 0 aliphatic heterocycles. The number of rotatable bonds is 2. The summed E-state index contributed by atoms with van der Waals surface area (Å²) in [4.78, 5) is 0. The molecule has 0 spiro atoms. The Morgan fingerprint density at radius 1 is 1.57 bits per heavy atom. The summed E-state index contributed by atoms with van der Waals surface area (Å²) in [6.45, 7) is -1.04. The van der Waals surface area contributed by atoms with E-state index in [1.165, 1.54) is 0 Å². The van der Waals surface area contributed by atoms with E-state index >= 15 is 0 Å². The second-order valence-corrected chi connectivity index (χ2v) is 1.00. The van der Waals surface area contributed by atoms with Crippen LogP contribution in [0.1, 0.15) is 0 Å². The number of aliphatic hydroxyl groups excluding tert-OH is 2. The van der Waals surface area contributed by atoms with Crippen LogP contribution >= 0.6 is 0 Å². The van der Waals surface area contributed by atoms with Crippen LogP contribution in [0.5, 0.6) is 0 Å². The largest absolute Gasteiger partial charge is 1.00 e. The molecule has 0 aromatic carbocycles. The van der Waals surface area contributed by atoms with Crippen LogP contribution in [-0.2, 0) is 0 Å². The first kappa shape index (κ1) is 10.8. The van der Waals surface area contributed by atoms with Gasteiger partial charge >= 0.3 is 29.6 Å². The summed E-state index contributed by atoms with van der Waals surface area (Å²) in [5, 5.41) is 25.4. The van der Waals surface area contributed by atoms with E-state index in [1.807, 2.05) is 0 Å². The van der Waals surface area contributed by atoms with Crippen LogP contribution in [0.25, 0.3) is 0 Å². The van der Waals surface area contributed by atoms with Crippen LogP contribution in [0.2, 0.25) is 0 Å². The summed E-state index contributed by atoms with van der Waals surface area (Å²) >= 11 is 0. The van der Waals surface area contributed by atoms with Gasteiger partial charge in [0.05, 0.1) is 12.7 Å². The van der Waals surface area contributed by atoms with Crippen LogP contribution in [0.4, 0.5) is 0 Å². The summed E-state index contributed by atoms with van der Waals surface area (Å²) in [5.74, 6) is 0. The summed E-state index contributed by atoms with van der Waals surface area (Å²) < 4.78 is 0. The molecule has 2 N–H and O–H groups in total. The molecule has 1 unspecified atom stereocenters. The second-order valence-electron chi connectivity index (χ2n) is 1.00. The topological polar surface area (TPSA) is 63.5 Å². The van der Waals surface area contributed by atoms with Crippen molar-refractivity contribution in [3.63, 3.8) is 0 Å². The van der Waals surface area contributed by atoms with Crippen molar-refractivity contribution in [2.24, 2.45) is 0 Å². The van der Waals surface area contributed by atoms with E-state index < -0.39 is 19.3 Å². The van der Waals surface area contributed by atoms with Crippen LogP contribution in [0.15, 0.2) is 0 Å². The van der Waals surface area contributed by atoms with Gasteiger partial charge < -0.3 is 15.3 Å². The summed E-state index contributed by atoms with van der Waals surface area (Å²) in [5.41, 5.74) is 0. The van der Waals surface area contributed by atoms with Crippen molar-refractivity contribution in [3.8, 4) is 0 Å². The number of hydrogen-bond acceptors (Lipinski definition) is 3. The molecule has 0 heterocycles. The van der Waals surface area contributed by atoms with Gasteiger partial charge in [-0.25, -0.2) is 0 Å². The first-order chi connectivity index (χ1) is 2.81. The van der Waals surface area contributed by atoms with Crippen LogP contribution < -0.4 is 34.7 Å². The third kappa shape index (κ3) is 6.88. The van der Waals surface area contributed by atoms with Gasteiger partial charge in [-0.3, -0.25) is 0 Å². The quantitative estimate of drug-likeness (QED) is 0.352. The third-order valence-electron chi connectivity index (χ3n) is 0.403. The molecule has 0 radical (unpaired) electrons. The zero-order valence-electron chi connectivity index (χ0n) is 4.29. The molecule has 3 nitrogen and oxygen atoms in total. The van der Waals surface area contributed by atoms with E-state index in [9.17, 15) is 5.11 Å². The molecular weight excluding hydrogens is 107 g/mol. The maximum atomic E-state index is 9.45. The fraction of sp³-hybridized carbons (Fsp3) is 1.00. The van der Waals surface area contributed by atoms with Gasteiger partial charge in [-0.2, -0.15) is 0 Å². The summed E-state index contributed by atoms with van der Waals surface area (Å²) in [6, 6.07) is 0. The Morgan fingerprint density at radius 2 is 2.00 bits per heavy atom. The van der Waals surface area contributed by atoms with E-state index in [1.54, 1.807) is 0 Å². The van der Waals surface area contributed by atoms with Gasteiger partial charge in [0.2, 0.25) is 0 Å². The molecule has 38 valence electrons. The van der Waals surface area contributed by atoms with Crippen molar-refractivity contribution in [1.29, 1.82) is 0 Å². The Labute approximate surface area is 64.3 Å². The van der Waals surface area contributed by atoms with E-state index in [-0.39, 0.29) is 29.6 Å². The van der Waals surface area contributed by atoms with Gasteiger partial charge in [0.1, 0.15) is 0 Å². The SMILES string of the molecule is [Na+].[O-]CC(O)CO. The fourth-order valence-electron chi connectivity index (χ4n) is 0.0527. The minimum atomic E-state index is -1.06. The van der Waals surface area contributed by atoms with Crippen LogP contribution in [0.3, 0.4) is 0 Å². The molecule has 0 aromatic heterocycles. The molecule has 0 saturated carbocycles. The fourth-order valence-corrected chi connectivity index (χ4v) is 0.0527. The maximum Gasteiger partial charge on any atom is 1.00 e. The minimum Gasteiger partial charge on any atom is -0.853 e. The van der Waals surface area contributed by atoms with Gasteiger partial charge in [0.15, 0.2) is 0 Å². The molecule has 4 heteroatoms. The van der Waals surface area contributed by atoms with Crippen molar-refractivity contribution >= 4 is 0 Å². The van der Waals surface area contributed by atoms with Gasteiger partial charge in [-0.05, 0) is 0 Å². The second kappa shape index (κ2) is 6.88. The minimum absolute atomic E-state index is 0. The summed E-state index contributed by atoms with van der Waals surface area (Å²) in [6.07, 6.45) is -1.06. The average Bonchev–Trinajstić information content (AvgIpc) is 1.65. The summed E-state index contributed by atoms with van der Waals surface area (Å²) in [7, 11) is 0. The maximum absolute atomic E-state index is 9.45. The predicted molar refractivity (Wildman–Crippen MR) is 18.0 cm³/mol. The molecule has 0 aliphatic carbocycles. The first-order valence-electron chi connectivity index (χ1n) is 1.68. The normalized spacial score (nSPS) is 12.4. The van der Waals surface area contributed by atoms with Crippen LogP contribution in [0, 0.1) is 0 Å². The van der Waals surface area contributed by atoms with Crippen molar-refractivity contribution in [3.05, 3.63) is 0 Å². The molecular formula is C3H7NaO3. The Hall–Kier alpha value is 0.880. The van der Waals surface area contributed by atoms with Crippen molar-refractivity contribution in [2.75, 3.05) is 13.2 Å². The molecule has 1 atom stereocenters. The average molecular weight is 114 g/mol. The Kier molecular flexibility index (Phi) is 10.6. The Morgan fingerprint density at radius 3 is 2.00 bits per heavy atom. The molecule has 0 aliphatic rings. The molecule has 0 saturated heterocycles. The van der Waals surface area contributed by atoms with Crippen molar-refractivity contribution in [1.82, 2.24) is 0 Å². The van der Waals surface area contributed by atoms with Crippen molar-refractivity contribution < 1.29 is 44.9 Å². The molecule has 0 fully saturated rings. The molecule has 0 amide bonds. The zero-order chi connectivity index (χ0) is 4.99.